The topological polar surface area (TPSA) is 100 Å². The molecule has 1 N–H and O–H groups in total. The fourth-order valence-electron chi connectivity index (χ4n) is 3.76. The summed E-state index contributed by atoms with van der Waals surface area (Å²) in [6.07, 6.45) is -0.199. The number of aromatic nitrogens is 1. The van der Waals surface area contributed by atoms with Crippen molar-refractivity contribution < 1.29 is 37.4 Å². The van der Waals surface area contributed by atoms with Gasteiger partial charge in [0.15, 0.2) is 0 Å². The van der Waals surface area contributed by atoms with Crippen molar-refractivity contribution in [2.45, 2.75) is 25.1 Å². The predicted molar refractivity (Wildman–Crippen MR) is 92.8 cm³/mol. The first-order valence-corrected chi connectivity index (χ1v) is 9.10. The lowest BCUT2D eigenvalue weighted by atomic mass is 10.0. The number of aliphatic carboxylic acids is 1. The number of carboxylic acid groups (broad SMARTS) is 1. The van der Waals surface area contributed by atoms with Gasteiger partial charge in [0.2, 0.25) is 5.91 Å². The number of rotatable bonds is 2. The van der Waals surface area contributed by atoms with Crippen LogP contribution in [0, 0.1) is 11.8 Å². The van der Waals surface area contributed by atoms with Crippen LogP contribution in [-0.4, -0.2) is 71.3 Å². The van der Waals surface area contributed by atoms with Gasteiger partial charge in [-0.15, -0.1) is 0 Å². The molecule has 3 fully saturated rings. The van der Waals surface area contributed by atoms with Crippen molar-refractivity contribution in [1.29, 1.82) is 0 Å². The number of nitrogens with zero attached hydrogens (tertiary/aromatic N) is 3. The van der Waals surface area contributed by atoms with Crippen molar-refractivity contribution in [3.05, 3.63) is 24.5 Å². The van der Waals surface area contributed by atoms with Gasteiger partial charge in [-0.2, -0.15) is 13.2 Å². The summed E-state index contributed by atoms with van der Waals surface area (Å²) < 4.78 is 37.2. The maximum atomic E-state index is 12.6. The van der Waals surface area contributed by atoms with Gasteiger partial charge >= 0.3 is 12.1 Å². The molecule has 0 saturated carbocycles. The van der Waals surface area contributed by atoms with E-state index in [0.29, 0.717) is 26.2 Å². The van der Waals surface area contributed by atoms with Crippen LogP contribution in [-0.2, 0) is 19.1 Å². The molecule has 0 aromatic carbocycles. The molecule has 158 valence electrons. The molecule has 4 heterocycles. The molecule has 29 heavy (non-hydrogen) atoms. The Hall–Kier alpha value is -2.69. The van der Waals surface area contributed by atoms with E-state index in [1.165, 1.54) is 0 Å². The van der Waals surface area contributed by atoms with Crippen molar-refractivity contribution in [2.75, 3.05) is 31.1 Å². The number of ether oxygens (including phenoxy) is 1. The van der Waals surface area contributed by atoms with E-state index >= 15 is 0 Å². The van der Waals surface area contributed by atoms with Crippen LogP contribution >= 0.6 is 0 Å². The molecule has 11 heteroatoms. The fourth-order valence-corrected chi connectivity index (χ4v) is 3.76. The Kier molecular flexibility index (Phi) is 6.06. The van der Waals surface area contributed by atoms with Crippen LogP contribution in [0.15, 0.2) is 24.5 Å². The summed E-state index contributed by atoms with van der Waals surface area (Å²) in [6.45, 7) is 2.53. The minimum absolute atomic E-state index is 0.0626. The molecule has 1 aromatic rings. The van der Waals surface area contributed by atoms with Crippen LogP contribution in [0.3, 0.4) is 0 Å². The number of anilines is 1. The summed E-state index contributed by atoms with van der Waals surface area (Å²) in [4.78, 5) is 41.6. The lowest BCUT2D eigenvalue weighted by Gasteiger charge is -2.23. The second kappa shape index (κ2) is 8.36. The number of amides is 2. The third-order valence-corrected chi connectivity index (χ3v) is 5.16. The van der Waals surface area contributed by atoms with E-state index in [0.717, 1.165) is 18.5 Å². The molecule has 2 amide bonds. The smallest absolute Gasteiger partial charge is 0.475 e. The number of carbonyl (C=O) groups is 3. The molecular formula is C18H20F3N3O5. The molecule has 3 saturated heterocycles. The largest absolute Gasteiger partial charge is 0.490 e. The quantitative estimate of drug-likeness (QED) is 0.782. The molecule has 0 spiro atoms. The molecule has 3 aliphatic heterocycles. The van der Waals surface area contributed by atoms with Gasteiger partial charge in [-0.1, -0.05) is 0 Å². The Labute approximate surface area is 164 Å². The Morgan fingerprint density at radius 1 is 1.24 bits per heavy atom. The molecule has 3 atom stereocenters. The van der Waals surface area contributed by atoms with Crippen LogP contribution in [0.5, 0.6) is 0 Å². The summed E-state index contributed by atoms with van der Waals surface area (Å²) in [5.74, 6) is -2.44. The Bertz CT molecular complexity index is 768. The van der Waals surface area contributed by atoms with Crippen molar-refractivity contribution in [2.24, 2.45) is 11.8 Å². The molecule has 0 radical (unpaired) electrons. The highest BCUT2D eigenvalue weighted by Crippen LogP contribution is 2.35. The molecule has 1 aromatic heterocycles. The molecule has 0 aliphatic carbocycles. The summed E-state index contributed by atoms with van der Waals surface area (Å²) in [5.41, 5.74) is 0.846. The van der Waals surface area contributed by atoms with Gasteiger partial charge in [0.1, 0.15) is 6.10 Å². The minimum Gasteiger partial charge on any atom is -0.475 e. The number of fused-ring (bicyclic) bond motifs is 1. The highest BCUT2D eigenvalue weighted by molar-refractivity contribution is 5.98. The number of halogens is 3. The second-order valence-corrected chi connectivity index (χ2v) is 7.07. The van der Waals surface area contributed by atoms with E-state index in [-0.39, 0.29) is 29.8 Å². The molecule has 8 nitrogen and oxygen atoms in total. The van der Waals surface area contributed by atoms with E-state index in [2.05, 4.69) is 4.98 Å². The summed E-state index contributed by atoms with van der Waals surface area (Å²) in [6, 6.07) is 3.74. The SMILES string of the molecule is O=C(O)C(F)(F)F.O=C([C@H]1CCCO1)N1C[C@H]2CN(c3cccnc3)C(=O)[C@H]2C1. The van der Waals surface area contributed by atoms with Gasteiger partial charge in [-0.3, -0.25) is 14.6 Å². The summed E-state index contributed by atoms with van der Waals surface area (Å²) in [7, 11) is 0. The van der Waals surface area contributed by atoms with E-state index in [4.69, 9.17) is 14.6 Å². The Balaban J connectivity index is 0.000000298. The molecule has 3 aliphatic rings. The lowest BCUT2D eigenvalue weighted by molar-refractivity contribution is -0.192. The van der Waals surface area contributed by atoms with Crippen LogP contribution in [0.25, 0.3) is 0 Å². The highest BCUT2D eigenvalue weighted by Gasteiger charge is 2.48. The third kappa shape index (κ3) is 4.66. The van der Waals surface area contributed by atoms with Crippen LogP contribution in [0.1, 0.15) is 12.8 Å². The minimum atomic E-state index is -5.08. The molecular weight excluding hydrogens is 395 g/mol. The maximum Gasteiger partial charge on any atom is 0.490 e. The number of hydrogen-bond acceptors (Lipinski definition) is 5. The van der Waals surface area contributed by atoms with Gasteiger partial charge in [-0.25, -0.2) is 4.79 Å². The maximum absolute atomic E-state index is 12.6. The number of carboxylic acids is 1. The van der Waals surface area contributed by atoms with Crippen molar-refractivity contribution >= 4 is 23.5 Å². The van der Waals surface area contributed by atoms with Gasteiger partial charge in [-0.05, 0) is 25.0 Å². The fraction of sp³-hybridized carbons (Fsp3) is 0.556. The van der Waals surface area contributed by atoms with E-state index < -0.39 is 12.1 Å². The third-order valence-electron chi connectivity index (χ3n) is 5.16. The lowest BCUT2D eigenvalue weighted by Crippen LogP contribution is -2.40. The van der Waals surface area contributed by atoms with Crippen molar-refractivity contribution in [3.8, 4) is 0 Å². The van der Waals surface area contributed by atoms with Crippen molar-refractivity contribution in [3.63, 3.8) is 0 Å². The highest BCUT2D eigenvalue weighted by atomic mass is 19.4. The first-order chi connectivity index (χ1) is 13.7. The number of carbonyl (C=O) groups excluding carboxylic acids is 2. The standard InChI is InChI=1S/C16H19N3O3.C2HF3O2/c20-15-13-10-18(16(21)14-4-2-6-22-14)8-11(13)9-19(15)12-3-1-5-17-7-12;3-2(4,5)1(6)7/h1,3,5,7,11,13-14H,2,4,6,8-10H2;(H,6,7)/t11-,13-,14+;/m0./s1. The second-order valence-electron chi connectivity index (χ2n) is 7.07. The van der Waals surface area contributed by atoms with E-state index in [9.17, 15) is 22.8 Å². The molecule has 0 bridgehead atoms. The monoisotopic (exact) mass is 415 g/mol. The van der Waals surface area contributed by atoms with Crippen LogP contribution < -0.4 is 4.90 Å². The molecule has 0 unspecified atom stereocenters. The first kappa shape index (κ1) is 21.0. The summed E-state index contributed by atoms with van der Waals surface area (Å²) in [5, 5.41) is 7.12. The van der Waals surface area contributed by atoms with Gasteiger partial charge in [0, 0.05) is 38.4 Å². The number of pyridine rings is 1. The average Bonchev–Trinajstić information content (AvgIpc) is 3.40. The Morgan fingerprint density at radius 2 is 1.97 bits per heavy atom. The predicted octanol–water partition coefficient (Wildman–Crippen LogP) is 1.32. The Morgan fingerprint density at radius 3 is 2.48 bits per heavy atom. The van der Waals surface area contributed by atoms with E-state index in [1.54, 1.807) is 17.3 Å². The van der Waals surface area contributed by atoms with Crippen molar-refractivity contribution in [1.82, 2.24) is 9.88 Å². The first-order valence-electron chi connectivity index (χ1n) is 9.10. The normalized spacial score (nSPS) is 26.2. The van der Waals surface area contributed by atoms with Gasteiger partial charge in [0.05, 0.1) is 17.8 Å². The average molecular weight is 415 g/mol. The number of hydrogen-bond donors (Lipinski definition) is 1. The summed E-state index contributed by atoms with van der Waals surface area (Å²) >= 11 is 0. The zero-order valence-electron chi connectivity index (χ0n) is 15.3. The van der Waals surface area contributed by atoms with E-state index in [1.807, 2.05) is 17.0 Å². The molecule has 4 rings (SSSR count). The van der Waals surface area contributed by atoms with Gasteiger partial charge in [0.25, 0.3) is 5.91 Å². The zero-order chi connectivity index (χ0) is 21.2. The zero-order valence-corrected chi connectivity index (χ0v) is 15.3. The van der Waals surface area contributed by atoms with Gasteiger partial charge < -0.3 is 19.6 Å². The van der Waals surface area contributed by atoms with Crippen LogP contribution in [0.4, 0.5) is 18.9 Å². The number of alkyl halides is 3. The number of likely N-dealkylation sites (tertiary alicyclic amines) is 1. The van der Waals surface area contributed by atoms with Crippen LogP contribution in [0.2, 0.25) is 0 Å².